The third-order valence-electron chi connectivity index (χ3n) is 2.45. The normalized spacial score (nSPS) is 20.1. The number of aryl methyl sites for hydroxylation is 1. The second-order valence-electron chi connectivity index (χ2n) is 3.74. The van der Waals surface area contributed by atoms with Crippen molar-refractivity contribution in [2.45, 2.75) is 18.6 Å². The van der Waals surface area contributed by atoms with Gasteiger partial charge in [0.1, 0.15) is 0 Å². The van der Waals surface area contributed by atoms with Crippen molar-refractivity contribution in [2.24, 2.45) is 4.99 Å². The lowest BCUT2D eigenvalue weighted by Gasteiger charge is -2.07. The van der Waals surface area contributed by atoms with Gasteiger partial charge < -0.3 is 4.74 Å². The van der Waals surface area contributed by atoms with Crippen molar-refractivity contribution in [3.05, 3.63) is 35.4 Å². The molecule has 0 N–H and O–H groups in total. The Balaban J connectivity index is 1.91. The van der Waals surface area contributed by atoms with E-state index in [1.807, 2.05) is 0 Å². The molecule has 0 radical (unpaired) electrons. The van der Waals surface area contributed by atoms with Gasteiger partial charge in [-0.15, -0.1) is 0 Å². The van der Waals surface area contributed by atoms with Crippen LogP contribution in [0.5, 0.6) is 0 Å². The van der Waals surface area contributed by atoms with E-state index in [-0.39, 0.29) is 0 Å². The lowest BCUT2D eigenvalue weighted by Crippen LogP contribution is -2.07. The molecule has 1 heterocycles. The minimum atomic E-state index is 0.544. The summed E-state index contributed by atoms with van der Waals surface area (Å²) in [4.78, 5) is 4.31. The summed E-state index contributed by atoms with van der Waals surface area (Å²) in [7, 11) is 1.68. The van der Waals surface area contributed by atoms with Crippen LogP contribution in [0.1, 0.15) is 11.1 Å². The summed E-state index contributed by atoms with van der Waals surface area (Å²) in [5.74, 6) is 0. The smallest absolute Gasteiger partial charge is 0.245 e. The van der Waals surface area contributed by atoms with Crippen molar-refractivity contribution < 1.29 is 4.74 Å². The first kappa shape index (κ1) is 10.6. The summed E-state index contributed by atoms with van der Waals surface area (Å²) in [6, 6.07) is 8.71. The molecule has 0 fully saturated rings. The van der Waals surface area contributed by atoms with Crippen LogP contribution in [0.15, 0.2) is 29.3 Å². The third-order valence-corrected chi connectivity index (χ3v) is 3.60. The van der Waals surface area contributed by atoms with Gasteiger partial charge in [0.25, 0.3) is 0 Å². The van der Waals surface area contributed by atoms with E-state index in [0.29, 0.717) is 5.25 Å². The Morgan fingerprint density at radius 3 is 2.73 bits per heavy atom. The second kappa shape index (κ2) is 4.71. The fourth-order valence-corrected chi connectivity index (χ4v) is 2.55. The number of benzene rings is 1. The van der Waals surface area contributed by atoms with Crippen LogP contribution in [0.2, 0.25) is 0 Å². The van der Waals surface area contributed by atoms with Gasteiger partial charge in [-0.25, -0.2) is 4.99 Å². The van der Waals surface area contributed by atoms with Crippen molar-refractivity contribution >= 4 is 17.0 Å². The van der Waals surface area contributed by atoms with Gasteiger partial charge in [-0.05, 0) is 18.9 Å². The molecule has 0 saturated heterocycles. The average molecular weight is 221 g/mol. The zero-order chi connectivity index (χ0) is 10.7. The maximum Gasteiger partial charge on any atom is 0.245 e. The molecule has 1 aromatic rings. The monoisotopic (exact) mass is 221 g/mol. The molecule has 3 heteroatoms. The largest absolute Gasteiger partial charge is 0.476 e. The zero-order valence-corrected chi connectivity index (χ0v) is 9.88. The van der Waals surface area contributed by atoms with E-state index in [9.17, 15) is 0 Å². The molecule has 0 amide bonds. The molecule has 0 saturated carbocycles. The summed E-state index contributed by atoms with van der Waals surface area (Å²) < 4.78 is 5.11. The highest BCUT2D eigenvalue weighted by atomic mass is 32.2. The Hall–Kier alpha value is -0.960. The Morgan fingerprint density at radius 1 is 1.40 bits per heavy atom. The topological polar surface area (TPSA) is 21.6 Å². The fourth-order valence-electron chi connectivity index (χ4n) is 1.60. The zero-order valence-electron chi connectivity index (χ0n) is 9.06. The first-order chi connectivity index (χ1) is 7.28. The van der Waals surface area contributed by atoms with E-state index < -0.39 is 0 Å². The quantitative estimate of drug-likeness (QED) is 0.765. The van der Waals surface area contributed by atoms with Gasteiger partial charge in [-0.3, -0.25) is 0 Å². The Kier molecular flexibility index (Phi) is 3.31. The highest BCUT2D eigenvalue weighted by Gasteiger charge is 2.20. The summed E-state index contributed by atoms with van der Waals surface area (Å²) in [6.45, 7) is 2.99. The van der Waals surface area contributed by atoms with E-state index in [0.717, 1.165) is 18.2 Å². The van der Waals surface area contributed by atoms with Gasteiger partial charge >= 0.3 is 0 Å². The molecule has 0 spiro atoms. The maximum absolute atomic E-state index is 5.11. The number of hydrogen-bond acceptors (Lipinski definition) is 3. The Labute approximate surface area is 94.7 Å². The van der Waals surface area contributed by atoms with Crippen LogP contribution in [-0.4, -0.2) is 24.1 Å². The lowest BCUT2D eigenvalue weighted by atomic mass is 10.1. The van der Waals surface area contributed by atoms with Crippen molar-refractivity contribution in [3.63, 3.8) is 0 Å². The molecule has 1 atom stereocenters. The van der Waals surface area contributed by atoms with Crippen LogP contribution in [0.3, 0.4) is 0 Å². The van der Waals surface area contributed by atoms with Gasteiger partial charge in [0.15, 0.2) is 0 Å². The molecule has 0 aromatic heterocycles. The second-order valence-corrected chi connectivity index (χ2v) is 4.99. The van der Waals surface area contributed by atoms with Crippen LogP contribution >= 0.6 is 11.8 Å². The number of ether oxygens (including phenoxy) is 1. The molecule has 2 nitrogen and oxygen atoms in total. The van der Waals surface area contributed by atoms with Gasteiger partial charge in [-0.2, -0.15) is 0 Å². The van der Waals surface area contributed by atoms with Gasteiger partial charge in [-0.1, -0.05) is 41.6 Å². The molecule has 1 aliphatic rings. The number of hydrogen-bond donors (Lipinski definition) is 0. The van der Waals surface area contributed by atoms with Crippen LogP contribution in [0.25, 0.3) is 0 Å². The lowest BCUT2D eigenvalue weighted by molar-refractivity contribution is 0.416. The molecule has 1 aliphatic heterocycles. The van der Waals surface area contributed by atoms with E-state index in [4.69, 9.17) is 4.74 Å². The number of rotatable bonds is 2. The Bertz CT molecular complexity index is 358. The van der Waals surface area contributed by atoms with Crippen LogP contribution in [0, 0.1) is 6.92 Å². The van der Waals surface area contributed by atoms with E-state index in [1.54, 1.807) is 18.9 Å². The maximum atomic E-state index is 5.11. The predicted molar refractivity (Wildman–Crippen MR) is 65.6 cm³/mol. The van der Waals surface area contributed by atoms with Crippen LogP contribution in [0.4, 0.5) is 0 Å². The SMILES string of the molecule is COC1=NCC(Cc2ccc(C)cc2)S1. The van der Waals surface area contributed by atoms with Crippen LogP contribution in [-0.2, 0) is 11.2 Å². The average Bonchev–Trinajstić information content (AvgIpc) is 2.69. The molecule has 0 aliphatic carbocycles. The van der Waals surface area contributed by atoms with Gasteiger partial charge in [0.2, 0.25) is 5.23 Å². The minimum absolute atomic E-state index is 0.544. The molecule has 1 unspecified atom stereocenters. The van der Waals surface area contributed by atoms with E-state index >= 15 is 0 Å². The van der Waals surface area contributed by atoms with Crippen molar-refractivity contribution in [2.75, 3.05) is 13.7 Å². The Morgan fingerprint density at radius 2 is 2.13 bits per heavy atom. The molecule has 1 aromatic carbocycles. The molecular formula is C12H15NOS. The predicted octanol–water partition coefficient (Wildman–Crippen LogP) is 2.66. The first-order valence-corrected chi connectivity index (χ1v) is 5.96. The van der Waals surface area contributed by atoms with Crippen molar-refractivity contribution in [1.82, 2.24) is 0 Å². The van der Waals surface area contributed by atoms with Crippen LogP contribution < -0.4 is 0 Å². The van der Waals surface area contributed by atoms with E-state index in [2.05, 4.69) is 36.2 Å². The molecule has 80 valence electrons. The molecule has 2 rings (SSSR count). The number of thioether (sulfide) groups is 1. The summed E-state index contributed by atoms with van der Waals surface area (Å²) in [5.41, 5.74) is 2.69. The molecule has 0 bridgehead atoms. The van der Waals surface area contributed by atoms with Crippen molar-refractivity contribution in [3.8, 4) is 0 Å². The summed E-state index contributed by atoms with van der Waals surface area (Å²) >= 11 is 1.74. The summed E-state index contributed by atoms with van der Waals surface area (Å²) in [6.07, 6.45) is 1.07. The number of aliphatic imine (C=N–C) groups is 1. The first-order valence-electron chi connectivity index (χ1n) is 5.08. The number of nitrogens with zero attached hydrogens (tertiary/aromatic N) is 1. The van der Waals surface area contributed by atoms with Crippen molar-refractivity contribution in [1.29, 1.82) is 0 Å². The van der Waals surface area contributed by atoms with Gasteiger partial charge in [0, 0.05) is 5.25 Å². The fraction of sp³-hybridized carbons (Fsp3) is 0.417. The highest BCUT2D eigenvalue weighted by Crippen LogP contribution is 2.24. The summed E-state index contributed by atoms with van der Waals surface area (Å²) in [5, 5.41) is 1.37. The van der Waals surface area contributed by atoms with E-state index in [1.165, 1.54) is 11.1 Å². The standard InChI is InChI=1S/C12H15NOS/c1-9-3-5-10(6-4-9)7-11-8-13-12(14-2)15-11/h3-6,11H,7-8H2,1-2H3. The third kappa shape index (κ3) is 2.75. The number of methoxy groups -OCH3 is 1. The highest BCUT2D eigenvalue weighted by molar-refractivity contribution is 8.14. The minimum Gasteiger partial charge on any atom is -0.476 e. The van der Waals surface area contributed by atoms with Gasteiger partial charge in [0.05, 0.1) is 13.7 Å². The molecular weight excluding hydrogens is 206 g/mol. The molecule has 15 heavy (non-hydrogen) atoms.